The summed E-state index contributed by atoms with van der Waals surface area (Å²) in [4.78, 5) is 26.5. The Morgan fingerprint density at radius 2 is 2.11 bits per heavy atom. The van der Waals surface area contributed by atoms with Gasteiger partial charge >= 0.3 is 5.91 Å². The molecule has 146 valence electrons. The third-order valence-corrected chi connectivity index (χ3v) is 6.10. The van der Waals surface area contributed by atoms with Gasteiger partial charge in [-0.05, 0) is 6.92 Å². The quantitative estimate of drug-likeness (QED) is 0.690. The van der Waals surface area contributed by atoms with Crippen molar-refractivity contribution in [1.82, 2.24) is 29.7 Å². The lowest BCUT2D eigenvalue weighted by Crippen LogP contribution is -2.40. The lowest BCUT2D eigenvalue weighted by atomic mass is 10.3. The highest BCUT2D eigenvalue weighted by atomic mass is 32.2. The van der Waals surface area contributed by atoms with E-state index in [-0.39, 0.29) is 24.8 Å². The molecule has 0 radical (unpaired) electrons. The second-order valence-corrected chi connectivity index (χ2v) is 8.50. The van der Waals surface area contributed by atoms with Gasteiger partial charge in [0, 0.05) is 27.0 Å². The molecule has 0 saturated heterocycles. The van der Waals surface area contributed by atoms with Gasteiger partial charge in [0.05, 0.1) is 45.3 Å². The van der Waals surface area contributed by atoms with E-state index in [0.29, 0.717) is 29.4 Å². The first-order valence-corrected chi connectivity index (χ1v) is 10.1. The largest absolute Gasteiger partial charge is 0.375 e. The summed E-state index contributed by atoms with van der Waals surface area (Å²) in [5.41, 5.74) is 1.20. The molecule has 1 unspecified atom stereocenters. The number of carbonyl (C=O) groups excluding carboxylic acids is 2. The first-order valence-electron chi connectivity index (χ1n) is 8.18. The van der Waals surface area contributed by atoms with Crippen LogP contribution < -0.4 is 0 Å². The van der Waals surface area contributed by atoms with Crippen LogP contribution in [0, 0.1) is 6.92 Å². The van der Waals surface area contributed by atoms with Gasteiger partial charge in [-0.2, -0.15) is 9.46 Å². The number of fused-ring (bicyclic) bond motifs is 1. The average Bonchev–Trinajstić information content (AvgIpc) is 3.18. The molecule has 0 saturated carbocycles. The Bertz CT molecular complexity index is 1020. The van der Waals surface area contributed by atoms with Gasteiger partial charge in [0.15, 0.2) is 5.69 Å². The molecule has 1 atom stereocenters. The standard InChI is InChI=1S/C15H21N7O4S/c1-10-14(17-19-20(10)2)15(24)18-27(4,25)12-7-16-22-6-5-21(8-11(12)22)13(23)9-26-3/h7H,5-6,8-9H2,1-4H3. The molecule has 2 aromatic heterocycles. The fraction of sp³-hybridized carbons (Fsp3) is 0.533. The molecular formula is C15H21N7O4S. The Kier molecular flexibility index (Phi) is 5.11. The molecule has 0 spiro atoms. The number of aryl methyl sites for hydroxylation is 1. The van der Waals surface area contributed by atoms with Gasteiger partial charge in [-0.3, -0.25) is 19.0 Å². The normalized spacial score (nSPS) is 15.9. The smallest absolute Gasteiger partial charge is 0.307 e. The van der Waals surface area contributed by atoms with Crippen LogP contribution in [0.1, 0.15) is 21.9 Å². The van der Waals surface area contributed by atoms with E-state index in [2.05, 4.69) is 19.8 Å². The van der Waals surface area contributed by atoms with Crippen molar-refractivity contribution in [2.24, 2.45) is 11.4 Å². The number of carbonyl (C=O) groups is 2. The fourth-order valence-electron chi connectivity index (χ4n) is 2.82. The Hall–Kier alpha value is -2.60. The molecule has 12 heteroatoms. The number of aromatic nitrogens is 5. The van der Waals surface area contributed by atoms with Crippen molar-refractivity contribution in [3.63, 3.8) is 0 Å². The van der Waals surface area contributed by atoms with Crippen molar-refractivity contribution >= 4 is 21.5 Å². The van der Waals surface area contributed by atoms with Crippen LogP contribution in [0.5, 0.6) is 0 Å². The summed E-state index contributed by atoms with van der Waals surface area (Å²) < 4.78 is 25.1. The number of methoxy groups -OCH3 is 1. The monoisotopic (exact) mass is 395 g/mol. The maximum atomic E-state index is 13.2. The van der Waals surface area contributed by atoms with Crippen LogP contribution in [0.4, 0.5) is 0 Å². The predicted octanol–water partition coefficient (Wildman–Crippen LogP) is -0.394. The molecule has 27 heavy (non-hydrogen) atoms. The third kappa shape index (κ3) is 3.62. The summed E-state index contributed by atoms with van der Waals surface area (Å²) in [6.07, 6.45) is 2.83. The van der Waals surface area contributed by atoms with Crippen molar-refractivity contribution in [2.45, 2.75) is 24.9 Å². The van der Waals surface area contributed by atoms with Crippen molar-refractivity contribution in [3.8, 4) is 0 Å². The van der Waals surface area contributed by atoms with Gasteiger partial charge in [0.1, 0.15) is 6.61 Å². The zero-order chi connectivity index (χ0) is 19.8. The predicted molar refractivity (Wildman–Crippen MR) is 94.4 cm³/mol. The van der Waals surface area contributed by atoms with Crippen LogP contribution in [0.15, 0.2) is 15.5 Å². The van der Waals surface area contributed by atoms with Gasteiger partial charge in [-0.1, -0.05) is 5.21 Å². The van der Waals surface area contributed by atoms with Gasteiger partial charge in [-0.25, -0.2) is 4.21 Å². The van der Waals surface area contributed by atoms with Gasteiger partial charge in [0.25, 0.3) is 0 Å². The van der Waals surface area contributed by atoms with E-state index < -0.39 is 15.6 Å². The SMILES string of the molecule is COCC(=O)N1CCn2ncc(S(C)(=O)=NC(=O)c3nnn(C)c3C)c2C1. The molecule has 0 N–H and O–H groups in total. The summed E-state index contributed by atoms with van der Waals surface area (Å²) in [5.74, 6) is -0.863. The van der Waals surface area contributed by atoms with E-state index in [1.165, 1.54) is 24.2 Å². The van der Waals surface area contributed by atoms with Crippen molar-refractivity contribution in [3.05, 3.63) is 23.3 Å². The van der Waals surface area contributed by atoms with Crippen molar-refractivity contribution < 1.29 is 18.5 Å². The zero-order valence-corrected chi connectivity index (χ0v) is 16.4. The van der Waals surface area contributed by atoms with Crippen molar-refractivity contribution in [2.75, 3.05) is 26.5 Å². The summed E-state index contributed by atoms with van der Waals surface area (Å²) in [6.45, 7) is 2.84. The van der Waals surface area contributed by atoms with E-state index in [4.69, 9.17) is 4.74 Å². The molecule has 0 aromatic carbocycles. The van der Waals surface area contributed by atoms with Gasteiger partial charge < -0.3 is 9.64 Å². The fourth-order valence-corrected chi connectivity index (χ4v) is 4.17. The second-order valence-electron chi connectivity index (χ2n) is 6.27. The Morgan fingerprint density at radius 1 is 1.37 bits per heavy atom. The van der Waals surface area contributed by atoms with Gasteiger partial charge in [-0.15, -0.1) is 5.10 Å². The minimum Gasteiger partial charge on any atom is -0.375 e. The molecule has 11 nitrogen and oxygen atoms in total. The molecule has 3 heterocycles. The Labute approximate surface area is 156 Å². The highest BCUT2D eigenvalue weighted by Gasteiger charge is 2.27. The maximum absolute atomic E-state index is 13.2. The second kappa shape index (κ2) is 7.19. The van der Waals surface area contributed by atoms with E-state index >= 15 is 0 Å². The van der Waals surface area contributed by atoms with E-state index in [1.54, 1.807) is 23.6 Å². The van der Waals surface area contributed by atoms with Crippen LogP contribution in [0.3, 0.4) is 0 Å². The summed E-state index contributed by atoms with van der Waals surface area (Å²) >= 11 is 0. The summed E-state index contributed by atoms with van der Waals surface area (Å²) in [5, 5.41) is 11.8. The lowest BCUT2D eigenvalue weighted by molar-refractivity contribution is -0.136. The number of ether oxygens (including phenoxy) is 1. The number of hydrogen-bond donors (Lipinski definition) is 0. The first-order chi connectivity index (χ1) is 12.7. The van der Waals surface area contributed by atoms with E-state index in [0.717, 1.165) is 0 Å². The van der Waals surface area contributed by atoms with Crippen LogP contribution in [-0.4, -0.2) is 72.2 Å². The zero-order valence-electron chi connectivity index (χ0n) is 15.6. The Morgan fingerprint density at radius 3 is 2.74 bits per heavy atom. The van der Waals surface area contributed by atoms with Crippen LogP contribution in [0.25, 0.3) is 0 Å². The minimum atomic E-state index is -3.08. The molecule has 2 aromatic rings. The van der Waals surface area contributed by atoms with E-state index in [9.17, 15) is 13.8 Å². The number of amides is 2. The van der Waals surface area contributed by atoms with Crippen LogP contribution >= 0.6 is 0 Å². The summed E-state index contributed by atoms with van der Waals surface area (Å²) in [7, 11) is 0.0298. The number of hydrogen-bond acceptors (Lipinski definition) is 7. The maximum Gasteiger partial charge on any atom is 0.307 e. The molecule has 1 aliphatic heterocycles. The Balaban J connectivity index is 1.94. The molecule has 2 amide bonds. The lowest BCUT2D eigenvalue weighted by Gasteiger charge is -2.28. The highest BCUT2D eigenvalue weighted by molar-refractivity contribution is 7.93. The first kappa shape index (κ1) is 19.2. The van der Waals surface area contributed by atoms with Crippen LogP contribution in [0.2, 0.25) is 0 Å². The molecular weight excluding hydrogens is 374 g/mol. The number of nitrogens with zero attached hydrogens (tertiary/aromatic N) is 7. The molecule has 3 rings (SSSR count). The van der Waals surface area contributed by atoms with Crippen molar-refractivity contribution in [1.29, 1.82) is 0 Å². The number of rotatable bonds is 4. The third-order valence-electron chi connectivity index (χ3n) is 4.43. The summed E-state index contributed by atoms with van der Waals surface area (Å²) in [6, 6.07) is 0. The highest BCUT2D eigenvalue weighted by Crippen LogP contribution is 2.23. The average molecular weight is 395 g/mol. The van der Waals surface area contributed by atoms with Crippen LogP contribution in [-0.2, 0) is 39.4 Å². The molecule has 0 aliphatic carbocycles. The molecule has 0 fully saturated rings. The van der Waals surface area contributed by atoms with Gasteiger partial charge in [0.2, 0.25) is 5.91 Å². The molecule has 1 aliphatic rings. The molecule has 0 bridgehead atoms. The minimum absolute atomic E-state index is 0.0280. The topological polar surface area (TPSA) is 125 Å². The van der Waals surface area contributed by atoms with E-state index in [1.807, 2.05) is 0 Å².